The Kier molecular flexibility index (Phi) is 5.74. The monoisotopic (exact) mass is 392 g/mol. The first-order valence-electron chi connectivity index (χ1n) is 10.1. The number of nitrogens with one attached hydrogen (secondary N) is 1. The van der Waals surface area contributed by atoms with Crippen molar-refractivity contribution in [2.75, 3.05) is 25.0 Å². The minimum atomic E-state index is 0.518. The summed E-state index contributed by atoms with van der Waals surface area (Å²) in [6.07, 6.45) is 6.19. The molecule has 0 atom stereocenters. The average molecular weight is 393 g/mol. The molecule has 2 aromatic heterocycles. The van der Waals surface area contributed by atoms with Gasteiger partial charge in [0.05, 0.1) is 10.4 Å². The van der Waals surface area contributed by atoms with Crippen LogP contribution in [-0.4, -0.2) is 34.5 Å². The Bertz CT molecular complexity index is 940. The first kappa shape index (κ1) is 19.1. The van der Waals surface area contributed by atoms with Crippen molar-refractivity contribution in [1.82, 2.24) is 14.9 Å². The molecule has 0 radical (unpaired) electrons. The molecule has 4 rings (SSSR count). The zero-order chi connectivity index (χ0) is 19.5. The van der Waals surface area contributed by atoms with Gasteiger partial charge in [-0.05, 0) is 54.9 Å². The summed E-state index contributed by atoms with van der Waals surface area (Å²) in [6.45, 7) is 12.4. The van der Waals surface area contributed by atoms with Crippen LogP contribution in [0.15, 0.2) is 54.4 Å². The molecule has 146 valence electrons. The van der Waals surface area contributed by atoms with Gasteiger partial charge in [0, 0.05) is 35.9 Å². The fourth-order valence-corrected chi connectivity index (χ4v) is 4.59. The van der Waals surface area contributed by atoms with Crippen LogP contribution < -0.4 is 5.32 Å². The number of piperidine rings is 1. The van der Waals surface area contributed by atoms with Gasteiger partial charge in [0.15, 0.2) is 0 Å². The van der Waals surface area contributed by atoms with Crippen molar-refractivity contribution in [2.24, 2.45) is 11.8 Å². The van der Waals surface area contributed by atoms with E-state index in [4.69, 9.17) is 0 Å². The minimum absolute atomic E-state index is 0.518. The Labute approximate surface area is 171 Å². The number of aromatic nitrogens is 2. The van der Waals surface area contributed by atoms with E-state index in [1.165, 1.54) is 35.2 Å². The first-order valence-corrected chi connectivity index (χ1v) is 10.9. The van der Waals surface area contributed by atoms with Gasteiger partial charge in [0.25, 0.3) is 0 Å². The molecule has 0 aliphatic carbocycles. The van der Waals surface area contributed by atoms with Crippen molar-refractivity contribution < 1.29 is 0 Å². The molecule has 1 N–H and O–H groups in total. The lowest BCUT2D eigenvalue weighted by Gasteiger charge is -2.33. The van der Waals surface area contributed by atoms with Gasteiger partial charge < -0.3 is 10.2 Å². The zero-order valence-electron chi connectivity index (χ0n) is 16.7. The topological polar surface area (TPSA) is 41.1 Å². The molecule has 5 heteroatoms. The van der Waals surface area contributed by atoms with Crippen molar-refractivity contribution >= 4 is 27.9 Å². The van der Waals surface area contributed by atoms with Crippen LogP contribution in [-0.2, 0) is 0 Å². The van der Waals surface area contributed by atoms with Crippen molar-refractivity contribution in [3.05, 3.63) is 54.4 Å². The largest absolute Gasteiger partial charge is 0.344 e. The molecule has 1 fully saturated rings. The summed E-state index contributed by atoms with van der Waals surface area (Å²) < 4.78 is 0. The predicted molar refractivity (Wildman–Crippen MR) is 120 cm³/mol. The van der Waals surface area contributed by atoms with Gasteiger partial charge >= 0.3 is 0 Å². The number of anilines is 1. The van der Waals surface area contributed by atoms with Crippen LogP contribution in [0.2, 0.25) is 0 Å². The van der Waals surface area contributed by atoms with Crippen molar-refractivity contribution in [1.29, 1.82) is 0 Å². The maximum atomic E-state index is 4.60. The summed E-state index contributed by atoms with van der Waals surface area (Å²) in [7, 11) is 0. The van der Waals surface area contributed by atoms with E-state index in [-0.39, 0.29) is 0 Å². The first-order chi connectivity index (χ1) is 13.6. The third kappa shape index (κ3) is 4.42. The van der Waals surface area contributed by atoms with E-state index in [1.54, 1.807) is 11.3 Å². The van der Waals surface area contributed by atoms with Gasteiger partial charge in [0.2, 0.25) is 0 Å². The van der Waals surface area contributed by atoms with E-state index in [0.717, 1.165) is 35.9 Å². The fourth-order valence-electron chi connectivity index (χ4n) is 3.97. The van der Waals surface area contributed by atoms with E-state index in [1.807, 2.05) is 17.9 Å². The van der Waals surface area contributed by atoms with Crippen molar-refractivity contribution in [3.63, 3.8) is 0 Å². The second-order valence-electron chi connectivity index (χ2n) is 8.12. The normalized spacial score (nSPS) is 16.0. The Hall–Kier alpha value is -2.24. The second-order valence-corrected chi connectivity index (χ2v) is 9.00. The third-order valence-electron chi connectivity index (χ3n) is 5.43. The number of nitrogens with zero attached hydrogens (tertiary/aromatic N) is 3. The predicted octanol–water partition coefficient (Wildman–Crippen LogP) is 5.65. The summed E-state index contributed by atoms with van der Waals surface area (Å²) in [4.78, 5) is 12.5. The maximum absolute atomic E-state index is 4.60. The number of allylic oxidation sites excluding steroid dienone is 1. The van der Waals surface area contributed by atoms with Gasteiger partial charge in [-0.1, -0.05) is 32.6 Å². The Morgan fingerprint density at radius 3 is 2.75 bits per heavy atom. The second kappa shape index (κ2) is 8.41. The number of hydrogen-bond donors (Lipinski definition) is 1. The van der Waals surface area contributed by atoms with Crippen LogP contribution in [0, 0.1) is 11.8 Å². The highest BCUT2D eigenvalue weighted by molar-refractivity contribution is 7.13. The van der Waals surface area contributed by atoms with Crippen molar-refractivity contribution in [3.8, 4) is 10.4 Å². The van der Waals surface area contributed by atoms with Crippen LogP contribution in [0.1, 0.15) is 26.7 Å². The lowest BCUT2D eigenvalue weighted by Crippen LogP contribution is -2.37. The number of benzene rings is 1. The summed E-state index contributed by atoms with van der Waals surface area (Å²) in [5.41, 5.74) is 4.16. The fraction of sp³-hybridized carbons (Fsp3) is 0.391. The maximum Gasteiger partial charge on any atom is 0.130 e. The standard InChI is InChI=1S/C23H28N4S/c1-16(2)14-27-8-6-18(7-9-27)17(3)26-23-11-21-10-19(22-13-24-15-28-22)4-5-20(21)12-25-23/h4-5,10-13,15-16,18H,3,6-9,14H2,1-2H3,(H,25,26). The Morgan fingerprint density at radius 2 is 2.04 bits per heavy atom. The summed E-state index contributed by atoms with van der Waals surface area (Å²) in [5.74, 6) is 2.13. The molecule has 0 unspecified atom stereocenters. The summed E-state index contributed by atoms with van der Waals surface area (Å²) >= 11 is 1.66. The zero-order valence-corrected chi connectivity index (χ0v) is 17.5. The quantitative estimate of drug-likeness (QED) is 0.588. The van der Waals surface area contributed by atoms with Gasteiger partial charge in [-0.25, -0.2) is 4.98 Å². The van der Waals surface area contributed by atoms with E-state index >= 15 is 0 Å². The van der Waals surface area contributed by atoms with E-state index in [9.17, 15) is 0 Å². The van der Waals surface area contributed by atoms with Crippen LogP contribution in [0.4, 0.5) is 5.82 Å². The van der Waals surface area contributed by atoms with Crippen LogP contribution in [0.25, 0.3) is 21.2 Å². The number of rotatable bonds is 6. The van der Waals surface area contributed by atoms with Gasteiger partial charge in [0.1, 0.15) is 5.82 Å². The molecular formula is C23H28N4S. The molecule has 4 nitrogen and oxygen atoms in total. The number of fused-ring (bicyclic) bond motifs is 1. The third-order valence-corrected chi connectivity index (χ3v) is 6.25. The molecule has 0 saturated carbocycles. The minimum Gasteiger partial charge on any atom is -0.344 e. The van der Waals surface area contributed by atoms with E-state index in [0.29, 0.717) is 5.92 Å². The molecule has 28 heavy (non-hydrogen) atoms. The molecule has 1 aromatic carbocycles. The number of likely N-dealkylation sites (tertiary alicyclic amines) is 1. The molecule has 1 saturated heterocycles. The highest BCUT2D eigenvalue weighted by atomic mass is 32.1. The average Bonchev–Trinajstić information content (AvgIpc) is 3.22. The van der Waals surface area contributed by atoms with Gasteiger partial charge in [-0.15, -0.1) is 11.3 Å². The molecule has 3 aromatic rings. The van der Waals surface area contributed by atoms with Crippen molar-refractivity contribution in [2.45, 2.75) is 26.7 Å². The van der Waals surface area contributed by atoms with E-state index < -0.39 is 0 Å². The highest BCUT2D eigenvalue weighted by Crippen LogP contribution is 2.29. The number of pyridine rings is 1. The molecule has 1 aliphatic rings. The smallest absolute Gasteiger partial charge is 0.130 e. The molecule has 0 amide bonds. The summed E-state index contributed by atoms with van der Waals surface area (Å²) in [6, 6.07) is 8.59. The molecule has 0 spiro atoms. The van der Waals surface area contributed by atoms with E-state index in [2.05, 4.69) is 64.9 Å². The molecule has 0 bridgehead atoms. The van der Waals surface area contributed by atoms with Crippen LogP contribution in [0.3, 0.4) is 0 Å². The number of hydrogen-bond acceptors (Lipinski definition) is 5. The molecular weight excluding hydrogens is 364 g/mol. The Morgan fingerprint density at radius 1 is 1.21 bits per heavy atom. The van der Waals surface area contributed by atoms with Gasteiger partial charge in [-0.2, -0.15) is 0 Å². The lowest BCUT2D eigenvalue weighted by molar-refractivity contribution is 0.181. The number of thiazole rings is 1. The lowest BCUT2D eigenvalue weighted by atomic mass is 9.93. The highest BCUT2D eigenvalue weighted by Gasteiger charge is 2.22. The van der Waals surface area contributed by atoms with Gasteiger partial charge in [-0.3, -0.25) is 4.98 Å². The SMILES string of the molecule is C=C(Nc1cc2cc(-c3cncs3)ccc2cn1)C1CCN(CC(C)C)CC1. The molecule has 3 heterocycles. The van der Waals surface area contributed by atoms with Crippen LogP contribution >= 0.6 is 11.3 Å². The van der Waals surface area contributed by atoms with Crippen LogP contribution in [0.5, 0.6) is 0 Å². The molecule has 1 aliphatic heterocycles. The summed E-state index contributed by atoms with van der Waals surface area (Å²) in [5, 5.41) is 5.81. The Balaban J connectivity index is 1.43.